The number of carbonyl (C=O) groups is 1. The minimum atomic E-state index is -1.09. The summed E-state index contributed by atoms with van der Waals surface area (Å²) in [4.78, 5) is 15.4. The molecule has 3 aromatic rings. The maximum atomic E-state index is 13.5. The van der Waals surface area contributed by atoms with Crippen molar-refractivity contribution in [3.63, 3.8) is 0 Å². The highest BCUT2D eigenvalue weighted by Crippen LogP contribution is 2.53. The van der Waals surface area contributed by atoms with E-state index in [2.05, 4.69) is 6.92 Å². The van der Waals surface area contributed by atoms with E-state index >= 15 is 0 Å². The minimum absolute atomic E-state index is 0.0804. The predicted molar refractivity (Wildman–Crippen MR) is 113 cm³/mol. The number of unbranched alkanes of at least 4 members (excludes halogenated alkanes) is 2. The van der Waals surface area contributed by atoms with Gasteiger partial charge in [-0.3, -0.25) is 4.79 Å². The number of phenolic OH excluding ortho intramolecular Hbond substituents is 2. The summed E-state index contributed by atoms with van der Waals surface area (Å²) in [5.41, 5.74) is 1.49. The third-order valence-electron chi connectivity index (χ3n) is 5.77. The Balaban J connectivity index is 2.07. The number of fused-ring (bicyclic) bond motifs is 1. The molecule has 1 heterocycles. The molecule has 4 rings (SSSR count). The molecule has 4 heteroatoms. The van der Waals surface area contributed by atoms with Crippen molar-refractivity contribution in [1.82, 2.24) is 4.90 Å². The minimum Gasteiger partial charge on any atom is -0.508 e. The summed E-state index contributed by atoms with van der Waals surface area (Å²) >= 11 is 0. The van der Waals surface area contributed by atoms with Crippen molar-refractivity contribution in [3.05, 3.63) is 95.1 Å². The standard InChI is InChI=1S/C25H25NO3/c1-2-3-10-17-26-24(29)18-11-4-5-12-19(18)25(26,20-13-6-8-15-22(20)27)21-14-7-9-16-23(21)28/h4-9,11-16,27-28H,2-3,10,17H2,1H3. The van der Waals surface area contributed by atoms with Crippen LogP contribution >= 0.6 is 0 Å². The molecule has 0 spiro atoms. The second-order valence-electron chi connectivity index (χ2n) is 7.45. The monoisotopic (exact) mass is 387 g/mol. The number of hydrogen-bond donors (Lipinski definition) is 2. The van der Waals surface area contributed by atoms with E-state index in [1.54, 1.807) is 24.3 Å². The lowest BCUT2D eigenvalue weighted by Gasteiger charge is -2.41. The summed E-state index contributed by atoms with van der Waals surface area (Å²) in [7, 11) is 0. The molecule has 0 saturated heterocycles. The fraction of sp³-hybridized carbons (Fsp3) is 0.240. The molecule has 2 N–H and O–H groups in total. The number of carbonyl (C=O) groups excluding carboxylic acids is 1. The van der Waals surface area contributed by atoms with Crippen LogP contribution in [0.15, 0.2) is 72.8 Å². The van der Waals surface area contributed by atoms with E-state index in [-0.39, 0.29) is 17.4 Å². The highest BCUT2D eigenvalue weighted by atomic mass is 16.3. The number of nitrogens with zero attached hydrogens (tertiary/aromatic N) is 1. The van der Waals surface area contributed by atoms with Gasteiger partial charge in [-0.15, -0.1) is 0 Å². The molecule has 0 saturated carbocycles. The van der Waals surface area contributed by atoms with E-state index in [0.717, 1.165) is 24.8 Å². The Morgan fingerprint density at radius 2 is 1.28 bits per heavy atom. The highest BCUT2D eigenvalue weighted by molar-refractivity contribution is 6.02. The third kappa shape index (κ3) is 2.87. The molecule has 1 amide bonds. The van der Waals surface area contributed by atoms with Crippen LogP contribution in [0, 0.1) is 0 Å². The van der Waals surface area contributed by atoms with Gasteiger partial charge in [0.25, 0.3) is 5.91 Å². The summed E-state index contributed by atoms with van der Waals surface area (Å²) < 4.78 is 0. The lowest BCUT2D eigenvalue weighted by atomic mass is 9.76. The zero-order chi connectivity index (χ0) is 20.4. The van der Waals surface area contributed by atoms with Crippen LogP contribution in [0.2, 0.25) is 0 Å². The van der Waals surface area contributed by atoms with Gasteiger partial charge in [-0.1, -0.05) is 74.4 Å². The van der Waals surface area contributed by atoms with Crippen molar-refractivity contribution < 1.29 is 15.0 Å². The predicted octanol–water partition coefficient (Wildman–Crippen LogP) is 5.04. The second-order valence-corrected chi connectivity index (χ2v) is 7.45. The lowest BCUT2D eigenvalue weighted by molar-refractivity contribution is 0.0667. The van der Waals surface area contributed by atoms with E-state index in [0.29, 0.717) is 23.2 Å². The number of aromatic hydroxyl groups is 2. The quantitative estimate of drug-likeness (QED) is 0.583. The van der Waals surface area contributed by atoms with Crippen molar-refractivity contribution in [2.24, 2.45) is 0 Å². The number of para-hydroxylation sites is 2. The molecule has 0 radical (unpaired) electrons. The lowest BCUT2D eigenvalue weighted by Crippen LogP contribution is -2.46. The highest BCUT2D eigenvalue weighted by Gasteiger charge is 2.53. The molecule has 0 unspecified atom stereocenters. The van der Waals surface area contributed by atoms with Crippen LogP contribution in [-0.4, -0.2) is 27.6 Å². The van der Waals surface area contributed by atoms with Crippen LogP contribution in [0.3, 0.4) is 0 Å². The van der Waals surface area contributed by atoms with Crippen LogP contribution in [0.5, 0.6) is 11.5 Å². The normalized spacial score (nSPS) is 14.8. The molecular weight excluding hydrogens is 362 g/mol. The fourth-order valence-electron chi connectivity index (χ4n) is 4.50. The van der Waals surface area contributed by atoms with Crippen LogP contribution in [0.25, 0.3) is 0 Å². The molecule has 148 valence electrons. The van der Waals surface area contributed by atoms with Gasteiger partial charge in [0, 0.05) is 23.2 Å². The Kier molecular flexibility index (Phi) is 5.01. The summed E-state index contributed by atoms with van der Waals surface area (Å²) in [5, 5.41) is 21.7. The van der Waals surface area contributed by atoms with Gasteiger partial charge >= 0.3 is 0 Å². The van der Waals surface area contributed by atoms with Gasteiger partial charge in [-0.25, -0.2) is 0 Å². The second kappa shape index (κ2) is 7.63. The molecule has 3 aromatic carbocycles. The molecule has 1 aliphatic heterocycles. The Labute approximate surface area is 171 Å². The first-order chi connectivity index (χ1) is 14.1. The fourth-order valence-corrected chi connectivity index (χ4v) is 4.50. The first-order valence-electron chi connectivity index (χ1n) is 10.1. The number of benzene rings is 3. The Bertz CT molecular complexity index is 998. The van der Waals surface area contributed by atoms with E-state index in [9.17, 15) is 15.0 Å². The molecule has 0 aromatic heterocycles. The summed E-state index contributed by atoms with van der Waals surface area (Å²) in [6.45, 7) is 2.66. The largest absolute Gasteiger partial charge is 0.508 e. The Hall–Kier alpha value is -3.27. The van der Waals surface area contributed by atoms with E-state index in [1.807, 2.05) is 53.4 Å². The first-order valence-corrected chi connectivity index (χ1v) is 10.1. The van der Waals surface area contributed by atoms with Crippen molar-refractivity contribution in [2.45, 2.75) is 31.7 Å². The molecule has 0 fully saturated rings. The van der Waals surface area contributed by atoms with Crippen LogP contribution in [0.1, 0.15) is 53.2 Å². The molecular formula is C25H25NO3. The molecule has 0 atom stereocenters. The number of hydrogen-bond acceptors (Lipinski definition) is 3. The number of rotatable bonds is 6. The van der Waals surface area contributed by atoms with E-state index < -0.39 is 5.54 Å². The van der Waals surface area contributed by atoms with Crippen molar-refractivity contribution >= 4 is 5.91 Å². The smallest absolute Gasteiger partial charge is 0.255 e. The molecule has 0 aliphatic carbocycles. The van der Waals surface area contributed by atoms with Crippen molar-refractivity contribution in [2.75, 3.05) is 6.54 Å². The Morgan fingerprint density at radius 1 is 0.759 bits per heavy atom. The maximum Gasteiger partial charge on any atom is 0.255 e. The van der Waals surface area contributed by atoms with Gasteiger partial charge < -0.3 is 15.1 Å². The van der Waals surface area contributed by atoms with Crippen LogP contribution in [-0.2, 0) is 5.54 Å². The summed E-state index contributed by atoms with van der Waals surface area (Å²) in [5.74, 6) is 0.115. The summed E-state index contributed by atoms with van der Waals surface area (Å²) in [6, 6.07) is 21.7. The molecule has 29 heavy (non-hydrogen) atoms. The van der Waals surface area contributed by atoms with E-state index in [1.165, 1.54) is 0 Å². The van der Waals surface area contributed by atoms with Gasteiger partial charge in [0.05, 0.1) is 0 Å². The average Bonchev–Trinajstić information content (AvgIpc) is 2.98. The SMILES string of the molecule is CCCCCN1C(=O)c2ccccc2C1(c1ccccc1O)c1ccccc1O. The molecule has 0 bridgehead atoms. The van der Waals surface area contributed by atoms with E-state index in [4.69, 9.17) is 0 Å². The Morgan fingerprint density at radius 3 is 1.83 bits per heavy atom. The van der Waals surface area contributed by atoms with Gasteiger partial charge in [0.1, 0.15) is 17.0 Å². The zero-order valence-electron chi connectivity index (χ0n) is 16.5. The number of amides is 1. The molecule has 1 aliphatic rings. The van der Waals surface area contributed by atoms with Crippen LogP contribution < -0.4 is 0 Å². The summed E-state index contributed by atoms with van der Waals surface area (Å²) in [6.07, 6.45) is 2.88. The van der Waals surface area contributed by atoms with Gasteiger partial charge in [0.2, 0.25) is 0 Å². The van der Waals surface area contributed by atoms with Crippen molar-refractivity contribution in [1.29, 1.82) is 0 Å². The van der Waals surface area contributed by atoms with Gasteiger partial charge in [-0.2, -0.15) is 0 Å². The average molecular weight is 387 g/mol. The first kappa shape index (κ1) is 19.1. The van der Waals surface area contributed by atoms with Crippen LogP contribution in [0.4, 0.5) is 0 Å². The number of phenols is 2. The zero-order valence-corrected chi connectivity index (χ0v) is 16.5. The topological polar surface area (TPSA) is 60.8 Å². The molecule has 4 nitrogen and oxygen atoms in total. The van der Waals surface area contributed by atoms with Crippen molar-refractivity contribution in [3.8, 4) is 11.5 Å². The van der Waals surface area contributed by atoms with Gasteiger partial charge in [0.15, 0.2) is 0 Å². The van der Waals surface area contributed by atoms with Gasteiger partial charge in [-0.05, 0) is 30.2 Å². The maximum absolute atomic E-state index is 13.5. The third-order valence-corrected chi connectivity index (χ3v) is 5.77.